The molecule has 1 aromatic carbocycles. The van der Waals surface area contributed by atoms with Crippen LogP contribution >= 0.6 is 0 Å². The molecule has 2 atom stereocenters. The van der Waals surface area contributed by atoms with Crippen LogP contribution in [0.3, 0.4) is 0 Å². The SMILES string of the molecule is CNC(C)c1ccc(N2CCCCCC2CO)c(F)c1. The van der Waals surface area contributed by atoms with E-state index in [4.69, 9.17) is 0 Å². The maximum absolute atomic E-state index is 14.4. The average molecular weight is 280 g/mol. The maximum Gasteiger partial charge on any atom is 0.146 e. The number of nitrogens with zero attached hydrogens (tertiary/aromatic N) is 1. The summed E-state index contributed by atoms with van der Waals surface area (Å²) >= 11 is 0. The lowest BCUT2D eigenvalue weighted by Crippen LogP contribution is -2.38. The van der Waals surface area contributed by atoms with Crippen LogP contribution in [0, 0.1) is 5.82 Å². The molecule has 0 saturated carbocycles. The number of anilines is 1. The number of halogens is 1. The van der Waals surface area contributed by atoms with Crippen LogP contribution in [0.5, 0.6) is 0 Å². The van der Waals surface area contributed by atoms with Crippen molar-refractivity contribution in [2.75, 3.05) is 25.1 Å². The predicted octanol–water partition coefficient (Wildman–Crippen LogP) is 2.85. The van der Waals surface area contributed by atoms with E-state index in [1.54, 1.807) is 6.07 Å². The third-order valence-corrected chi connectivity index (χ3v) is 4.30. The van der Waals surface area contributed by atoms with E-state index < -0.39 is 0 Å². The van der Waals surface area contributed by atoms with Crippen LogP contribution in [0.1, 0.15) is 44.2 Å². The highest BCUT2D eigenvalue weighted by Crippen LogP contribution is 2.28. The summed E-state index contributed by atoms with van der Waals surface area (Å²) in [7, 11) is 1.87. The Morgan fingerprint density at radius 1 is 1.40 bits per heavy atom. The largest absolute Gasteiger partial charge is 0.394 e. The normalized spacial score (nSPS) is 21.6. The fourth-order valence-electron chi connectivity index (χ4n) is 2.88. The molecule has 20 heavy (non-hydrogen) atoms. The van der Waals surface area contributed by atoms with Crippen molar-refractivity contribution in [2.24, 2.45) is 0 Å². The summed E-state index contributed by atoms with van der Waals surface area (Å²) in [5, 5.41) is 12.7. The first-order chi connectivity index (χ1) is 9.67. The summed E-state index contributed by atoms with van der Waals surface area (Å²) in [5.41, 5.74) is 1.57. The van der Waals surface area contributed by atoms with E-state index >= 15 is 0 Å². The van der Waals surface area contributed by atoms with Gasteiger partial charge in [-0.05, 0) is 44.5 Å². The second kappa shape index (κ2) is 7.04. The van der Waals surface area contributed by atoms with Crippen molar-refractivity contribution in [1.29, 1.82) is 0 Å². The molecule has 0 aliphatic carbocycles. The Bertz CT molecular complexity index is 438. The number of aliphatic hydroxyl groups excluding tert-OH is 1. The molecule has 2 unspecified atom stereocenters. The van der Waals surface area contributed by atoms with Crippen LogP contribution in [0.4, 0.5) is 10.1 Å². The Morgan fingerprint density at radius 2 is 2.20 bits per heavy atom. The first kappa shape index (κ1) is 15.3. The van der Waals surface area contributed by atoms with Gasteiger partial charge in [0.25, 0.3) is 0 Å². The molecule has 112 valence electrons. The van der Waals surface area contributed by atoms with Crippen LogP contribution in [-0.2, 0) is 0 Å². The van der Waals surface area contributed by atoms with E-state index in [9.17, 15) is 9.50 Å². The minimum atomic E-state index is -0.190. The van der Waals surface area contributed by atoms with Crippen molar-refractivity contribution in [3.05, 3.63) is 29.6 Å². The smallest absolute Gasteiger partial charge is 0.146 e. The second-order valence-corrected chi connectivity index (χ2v) is 5.60. The number of benzene rings is 1. The Balaban J connectivity index is 2.26. The van der Waals surface area contributed by atoms with Gasteiger partial charge in [-0.25, -0.2) is 4.39 Å². The van der Waals surface area contributed by atoms with Gasteiger partial charge in [-0.2, -0.15) is 0 Å². The number of aliphatic hydroxyl groups is 1. The number of hydrogen-bond donors (Lipinski definition) is 2. The lowest BCUT2D eigenvalue weighted by molar-refractivity contribution is 0.254. The molecule has 1 aliphatic heterocycles. The van der Waals surface area contributed by atoms with Gasteiger partial charge >= 0.3 is 0 Å². The maximum atomic E-state index is 14.4. The third-order valence-electron chi connectivity index (χ3n) is 4.30. The first-order valence-electron chi connectivity index (χ1n) is 7.51. The second-order valence-electron chi connectivity index (χ2n) is 5.60. The molecule has 0 radical (unpaired) electrons. The molecule has 0 aromatic heterocycles. The van der Waals surface area contributed by atoms with Gasteiger partial charge in [0.1, 0.15) is 5.82 Å². The lowest BCUT2D eigenvalue weighted by atomic mass is 10.1. The van der Waals surface area contributed by atoms with Crippen LogP contribution in [0.25, 0.3) is 0 Å². The van der Waals surface area contributed by atoms with Crippen LogP contribution in [0.2, 0.25) is 0 Å². The standard InChI is InChI=1S/C16H25FN2O/c1-12(18-2)13-7-8-16(15(17)10-13)19-9-5-3-4-6-14(19)11-20/h7-8,10,12,14,18,20H,3-6,9,11H2,1-2H3. The Hall–Kier alpha value is -1.13. The number of hydrogen-bond acceptors (Lipinski definition) is 3. The van der Waals surface area contributed by atoms with E-state index in [1.165, 1.54) is 0 Å². The molecule has 1 fully saturated rings. The van der Waals surface area contributed by atoms with Crippen molar-refractivity contribution in [2.45, 2.75) is 44.7 Å². The van der Waals surface area contributed by atoms with Gasteiger partial charge < -0.3 is 15.3 Å². The highest BCUT2D eigenvalue weighted by molar-refractivity contribution is 5.50. The highest BCUT2D eigenvalue weighted by Gasteiger charge is 2.23. The van der Waals surface area contributed by atoms with E-state index in [0.717, 1.165) is 37.8 Å². The lowest BCUT2D eigenvalue weighted by Gasteiger charge is -2.31. The molecule has 1 heterocycles. The minimum absolute atomic E-state index is 0.0413. The Morgan fingerprint density at radius 3 is 2.85 bits per heavy atom. The summed E-state index contributed by atoms with van der Waals surface area (Å²) in [6.07, 6.45) is 4.26. The minimum Gasteiger partial charge on any atom is -0.394 e. The monoisotopic (exact) mass is 280 g/mol. The van der Waals surface area contributed by atoms with Crippen molar-refractivity contribution < 1.29 is 9.50 Å². The third kappa shape index (κ3) is 3.30. The number of nitrogens with one attached hydrogen (secondary N) is 1. The summed E-state index contributed by atoms with van der Waals surface area (Å²) in [5.74, 6) is -0.190. The van der Waals surface area contributed by atoms with Crippen molar-refractivity contribution in [3.8, 4) is 0 Å². The fraction of sp³-hybridized carbons (Fsp3) is 0.625. The Kier molecular flexibility index (Phi) is 5.38. The van der Waals surface area contributed by atoms with Gasteiger partial charge in [0.15, 0.2) is 0 Å². The van der Waals surface area contributed by atoms with Crippen LogP contribution < -0.4 is 10.2 Å². The molecule has 3 nitrogen and oxygen atoms in total. The van der Waals surface area contributed by atoms with Gasteiger partial charge in [0, 0.05) is 12.6 Å². The van der Waals surface area contributed by atoms with Gasteiger partial charge in [-0.3, -0.25) is 0 Å². The molecule has 4 heteroatoms. The summed E-state index contributed by atoms with van der Waals surface area (Å²) in [6, 6.07) is 5.61. The molecular weight excluding hydrogens is 255 g/mol. The number of rotatable bonds is 4. The van der Waals surface area contributed by atoms with Gasteiger partial charge in [-0.15, -0.1) is 0 Å². The molecular formula is C16H25FN2O. The van der Waals surface area contributed by atoms with Crippen LogP contribution in [0.15, 0.2) is 18.2 Å². The van der Waals surface area contributed by atoms with E-state index in [1.807, 2.05) is 31.0 Å². The zero-order valence-corrected chi connectivity index (χ0v) is 12.4. The molecule has 1 aliphatic rings. The summed E-state index contributed by atoms with van der Waals surface area (Å²) in [6.45, 7) is 2.92. The average Bonchev–Trinajstić information content (AvgIpc) is 2.71. The first-order valence-corrected chi connectivity index (χ1v) is 7.51. The summed E-state index contributed by atoms with van der Waals surface area (Å²) < 4.78 is 14.4. The fourth-order valence-corrected chi connectivity index (χ4v) is 2.88. The van der Waals surface area contributed by atoms with Crippen molar-refractivity contribution in [3.63, 3.8) is 0 Å². The molecule has 1 aromatic rings. The van der Waals surface area contributed by atoms with Gasteiger partial charge in [0.2, 0.25) is 0 Å². The van der Waals surface area contributed by atoms with E-state index in [2.05, 4.69) is 5.32 Å². The van der Waals surface area contributed by atoms with E-state index in [0.29, 0.717) is 5.69 Å². The molecule has 2 rings (SSSR count). The highest BCUT2D eigenvalue weighted by atomic mass is 19.1. The van der Waals surface area contributed by atoms with Gasteiger partial charge in [0.05, 0.1) is 18.3 Å². The molecule has 0 amide bonds. The quantitative estimate of drug-likeness (QED) is 0.890. The van der Waals surface area contributed by atoms with Crippen molar-refractivity contribution >= 4 is 5.69 Å². The van der Waals surface area contributed by atoms with E-state index in [-0.39, 0.29) is 24.5 Å². The van der Waals surface area contributed by atoms with Crippen molar-refractivity contribution in [1.82, 2.24) is 5.32 Å². The molecule has 2 N–H and O–H groups in total. The zero-order chi connectivity index (χ0) is 14.5. The molecule has 0 bridgehead atoms. The molecule has 0 spiro atoms. The van der Waals surface area contributed by atoms with Gasteiger partial charge in [-0.1, -0.05) is 18.9 Å². The topological polar surface area (TPSA) is 35.5 Å². The predicted molar refractivity (Wildman–Crippen MR) is 80.6 cm³/mol. The zero-order valence-electron chi connectivity index (χ0n) is 12.4. The van der Waals surface area contributed by atoms with Crippen LogP contribution in [-0.4, -0.2) is 31.3 Å². The Labute approximate surface area is 120 Å². The molecule has 1 saturated heterocycles. The summed E-state index contributed by atoms with van der Waals surface area (Å²) in [4.78, 5) is 2.04.